The van der Waals surface area contributed by atoms with Gasteiger partial charge in [0.05, 0.1) is 12.3 Å². The highest BCUT2D eigenvalue weighted by Crippen LogP contribution is 2.25. The Kier molecular flexibility index (Phi) is 4.21. The number of hydrogen-bond acceptors (Lipinski definition) is 2. The van der Waals surface area contributed by atoms with Gasteiger partial charge in [0.25, 0.3) is 0 Å². The van der Waals surface area contributed by atoms with Crippen LogP contribution in [0.1, 0.15) is 12.8 Å². The van der Waals surface area contributed by atoms with E-state index in [1.807, 2.05) is 0 Å². The molecule has 0 radical (unpaired) electrons. The summed E-state index contributed by atoms with van der Waals surface area (Å²) in [4.78, 5) is 3.19. The number of nitrogens with one attached hydrogen (secondary N) is 1. The van der Waals surface area contributed by atoms with Crippen LogP contribution in [0, 0.1) is 6.57 Å². The summed E-state index contributed by atoms with van der Waals surface area (Å²) in [6.45, 7) is 6.97. The third-order valence-electron chi connectivity index (χ3n) is 2.12. The van der Waals surface area contributed by atoms with Gasteiger partial charge in [-0.3, -0.25) is 0 Å². The van der Waals surface area contributed by atoms with E-state index < -0.39 is 12.6 Å². The van der Waals surface area contributed by atoms with E-state index in [-0.39, 0.29) is 13.0 Å². The zero-order chi connectivity index (χ0) is 12.9. The lowest BCUT2D eigenvalue weighted by Gasteiger charge is -2.10. The number of nitrogen functional groups attached to an aromatic ring is 1. The summed E-state index contributed by atoms with van der Waals surface area (Å²) < 4.78 is 35.6. The molecule has 0 heterocycles. The van der Waals surface area contributed by atoms with Gasteiger partial charge < -0.3 is 11.1 Å². The quantitative estimate of drug-likeness (QED) is 0.482. The molecule has 0 aliphatic heterocycles. The number of rotatable bonds is 4. The topological polar surface area (TPSA) is 42.4 Å². The van der Waals surface area contributed by atoms with E-state index >= 15 is 0 Å². The second kappa shape index (κ2) is 5.43. The molecule has 0 saturated heterocycles. The van der Waals surface area contributed by atoms with Gasteiger partial charge in [-0.2, -0.15) is 13.2 Å². The molecule has 0 aliphatic carbocycles. The molecular weight excluding hydrogens is 231 g/mol. The zero-order valence-electron chi connectivity index (χ0n) is 9.01. The van der Waals surface area contributed by atoms with Crippen LogP contribution in [0.5, 0.6) is 0 Å². The van der Waals surface area contributed by atoms with Crippen molar-refractivity contribution < 1.29 is 13.2 Å². The van der Waals surface area contributed by atoms with Gasteiger partial charge in [-0.05, 0) is 18.6 Å². The van der Waals surface area contributed by atoms with E-state index in [0.717, 1.165) is 0 Å². The second-order valence-corrected chi connectivity index (χ2v) is 3.53. The van der Waals surface area contributed by atoms with Gasteiger partial charge in [-0.1, -0.05) is 6.07 Å². The molecule has 3 nitrogen and oxygen atoms in total. The third kappa shape index (κ3) is 4.64. The number of anilines is 2. The Labute approximate surface area is 97.2 Å². The molecule has 1 aromatic rings. The minimum atomic E-state index is -4.12. The predicted octanol–water partition coefficient (Wildman–Crippen LogP) is 3.57. The fraction of sp³-hybridized carbons (Fsp3) is 0.364. The summed E-state index contributed by atoms with van der Waals surface area (Å²) in [6, 6.07) is 4.64. The number of nitrogens with two attached hydrogens (primary N) is 1. The van der Waals surface area contributed by atoms with Gasteiger partial charge in [-0.15, -0.1) is 0 Å². The molecule has 0 fully saturated rings. The van der Waals surface area contributed by atoms with Crippen molar-refractivity contribution in [3.05, 3.63) is 29.6 Å². The van der Waals surface area contributed by atoms with E-state index in [0.29, 0.717) is 17.1 Å². The zero-order valence-corrected chi connectivity index (χ0v) is 9.01. The van der Waals surface area contributed by atoms with Gasteiger partial charge in [0.15, 0.2) is 5.69 Å². The number of halogens is 3. The highest BCUT2D eigenvalue weighted by molar-refractivity contribution is 5.71. The summed E-state index contributed by atoms with van der Waals surface area (Å²) >= 11 is 0. The van der Waals surface area contributed by atoms with Crippen LogP contribution in [-0.2, 0) is 0 Å². The van der Waals surface area contributed by atoms with E-state index in [9.17, 15) is 13.2 Å². The lowest BCUT2D eigenvalue weighted by Crippen LogP contribution is -2.11. The molecule has 1 rings (SSSR count). The number of hydrogen-bond donors (Lipinski definition) is 2. The lowest BCUT2D eigenvalue weighted by atomic mass is 10.2. The molecule has 0 aliphatic rings. The number of nitrogens with zero attached hydrogens (tertiary/aromatic N) is 1. The third-order valence-corrected chi connectivity index (χ3v) is 2.12. The molecule has 0 bridgehead atoms. The Bertz CT molecular complexity index is 421. The van der Waals surface area contributed by atoms with Crippen molar-refractivity contribution in [3.63, 3.8) is 0 Å². The van der Waals surface area contributed by atoms with Crippen LogP contribution in [0.2, 0.25) is 0 Å². The number of benzene rings is 1. The molecule has 0 saturated carbocycles. The molecule has 6 heteroatoms. The smallest absolute Gasteiger partial charge is 0.389 e. The van der Waals surface area contributed by atoms with Crippen molar-refractivity contribution in [2.24, 2.45) is 0 Å². The average molecular weight is 243 g/mol. The summed E-state index contributed by atoms with van der Waals surface area (Å²) in [6.07, 6.45) is -4.95. The standard InChI is InChI=1S/C11H12F3N3/c1-16-8-3-4-10(9(15)7-8)17-6-2-5-11(12,13)14/h3-4,7,17H,2,5-6,15H2. The van der Waals surface area contributed by atoms with Crippen LogP contribution < -0.4 is 11.1 Å². The highest BCUT2D eigenvalue weighted by atomic mass is 19.4. The molecule has 0 unspecified atom stereocenters. The van der Waals surface area contributed by atoms with Crippen molar-refractivity contribution in [1.82, 2.24) is 0 Å². The SMILES string of the molecule is [C-]#[N+]c1ccc(NCCCC(F)(F)F)c(N)c1. The number of alkyl halides is 3. The lowest BCUT2D eigenvalue weighted by molar-refractivity contribution is -0.134. The van der Waals surface area contributed by atoms with E-state index in [1.54, 1.807) is 12.1 Å². The Morgan fingerprint density at radius 3 is 2.59 bits per heavy atom. The molecule has 0 amide bonds. The molecule has 17 heavy (non-hydrogen) atoms. The monoisotopic (exact) mass is 243 g/mol. The van der Waals surface area contributed by atoms with Gasteiger partial charge in [0, 0.05) is 18.7 Å². The van der Waals surface area contributed by atoms with E-state index in [4.69, 9.17) is 12.3 Å². The van der Waals surface area contributed by atoms with Gasteiger partial charge in [-0.25, -0.2) is 4.85 Å². The fourth-order valence-electron chi connectivity index (χ4n) is 1.29. The first-order valence-electron chi connectivity index (χ1n) is 5.00. The van der Waals surface area contributed by atoms with Gasteiger partial charge in [0.2, 0.25) is 0 Å². The summed E-state index contributed by atoms with van der Waals surface area (Å²) in [5.74, 6) is 0. The molecule has 1 aromatic carbocycles. The molecular formula is C11H12F3N3. The van der Waals surface area contributed by atoms with E-state index in [2.05, 4.69) is 10.2 Å². The second-order valence-electron chi connectivity index (χ2n) is 3.53. The minimum absolute atomic E-state index is 0.00644. The first kappa shape index (κ1) is 13.2. The maximum absolute atomic E-state index is 11.9. The van der Waals surface area contributed by atoms with Crippen LogP contribution in [0.3, 0.4) is 0 Å². The Hall–Kier alpha value is -1.90. The molecule has 0 atom stereocenters. The Morgan fingerprint density at radius 1 is 1.35 bits per heavy atom. The summed E-state index contributed by atoms with van der Waals surface area (Å²) in [7, 11) is 0. The van der Waals surface area contributed by atoms with Crippen molar-refractivity contribution in [2.45, 2.75) is 19.0 Å². The van der Waals surface area contributed by atoms with Crippen LogP contribution in [0.4, 0.5) is 30.2 Å². The highest BCUT2D eigenvalue weighted by Gasteiger charge is 2.25. The first-order valence-corrected chi connectivity index (χ1v) is 5.00. The van der Waals surface area contributed by atoms with Crippen molar-refractivity contribution >= 4 is 17.1 Å². The molecule has 3 N–H and O–H groups in total. The minimum Gasteiger partial charge on any atom is -0.398 e. The molecule has 0 aromatic heterocycles. The van der Waals surface area contributed by atoms with Crippen molar-refractivity contribution in [3.8, 4) is 0 Å². The Balaban J connectivity index is 2.45. The predicted molar refractivity (Wildman–Crippen MR) is 60.9 cm³/mol. The first-order chi connectivity index (χ1) is 7.92. The Morgan fingerprint density at radius 2 is 2.06 bits per heavy atom. The van der Waals surface area contributed by atoms with Crippen molar-refractivity contribution in [2.75, 3.05) is 17.6 Å². The normalized spacial score (nSPS) is 10.9. The maximum atomic E-state index is 11.9. The van der Waals surface area contributed by atoms with Gasteiger partial charge >= 0.3 is 6.18 Å². The molecule has 0 spiro atoms. The average Bonchev–Trinajstić information content (AvgIpc) is 2.24. The maximum Gasteiger partial charge on any atom is 0.389 e. The van der Waals surface area contributed by atoms with E-state index in [1.165, 1.54) is 6.07 Å². The molecule has 92 valence electrons. The summed E-state index contributed by atoms with van der Waals surface area (Å²) in [5, 5.41) is 2.81. The van der Waals surface area contributed by atoms with Crippen LogP contribution in [0.25, 0.3) is 4.85 Å². The van der Waals surface area contributed by atoms with Gasteiger partial charge in [0.1, 0.15) is 0 Å². The largest absolute Gasteiger partial charge is 0.398 e. The summed E-state index contributed by atoms with van der Waals surface area (Å²) in [5.41, 5.74) is 6.96. The van der Waals surface area contributed by atoms with Crippen LogP contribution in [0.15, 0.2) is 18.2 Å². The van der Waals surface area contributed by atoms with Crippen LogP contribution >= 0.6 is 0 Å². The fourth-order valence-corrected chi connectivity index (χ4v) is 1.29. The van der Waals surface area contributed by atoms with Crippen LogP contribution in [-0.4, -0.2) is 12.7 Å². The van der Waals surface area contributed by atoms with Crippen molar-refractivity contribution in [1.29, 1.82) is 0 Å².